The van der Waals surface area contributed by atoms with Gasteiger partial charge in [0, 0.05) is 6.04 Å². The quantitative estimate of drug-likeness (QED) is 0.700. The van der Waals surface area contributed by atoms with Gasteiger partial charge in [0.05, 0.1) is 0 Å². The number of hydrogen-bond donors (Lipinski definition) is 1. The summed E-state index contributed by atoms with van der Waals surface area (Å²) in [4.78, 5) is 0. The molecule has 0 heterocycles. The molecule has 1 fully saturated rings. The minimum atomic E-state index is 0.757. The van der Waals surface area contributed by atoms with Gasteiger partial charge in [0.25, 0.3) is 0 Å². The number of hydrogen-bond acceptors (Lipinski definition) is 1. The summed E-state index contributed by atoms with van der Waals surface area (Å²) < 4.78 is 0. The van der Waals surface area contributed by atoms with E-state index in [1.807, 2.05) is 0 Å². The molecule has 0 radical (unpaired) electrons. The van der Waals surface area contributed by atoms with Crippen LogP contribution in [0.15, 0.2) is 0 Å². The molecule has 0 aromatic carbocycles. The molecular weight excluding hydrogens is 182 g/mol. The zero-order valence-corrected chi connectivity index (χ0v) is 10.9. The Morgan fingerprint density at radius 1 is 1.13 bits per heavy atom. The van der Waals surface area contributed by atoms with Crippen molar-refractivity contribution in [2.75, 3.05) is 6.54 Å². The normalized spacial score (nSPS) is 20.8. The molecule has 1 aliphatic rings. The molecule has 15 heavy (non-hydrogen) atoms. The minimum absolute atomic E-state index is 0.757. The monoisotopic (exact) mass is 211 g/mol. The largest absolute Gasteiger partial charge is 0.314 e. The smallest absolute Gasteiger partial charge is 0.00926 e. The number of nitrogens with one attached hydrogen (secondary N) is 1. The van der Waals surface area contributed by atoms with Crippen LogP contribution in [0.3, 0.4) is 0 Å². The van der Waals surface area contributed by atoms with Crippen molar-refractivity contribution >= 4 is 0 Å². The Morgan fingerprint density at radius 3 is 2.33 bits per heavy atom. The molecule has 1 aliphatic carbocycles. The SMILES string of the molecule is CCCNC(CC1CCCCC1)C(C)C. The van der Waals surface area contributed by atoms with Crippen LogP contribution in [0.2, 0.25) is 0 Å². The van der Waals surface area contributed by atoms with E-state index in [0.717, 1.165) is 17.9 Å². The highest BCUT2D eigenvalue weighted by Crippen LogP contribution is 2.28. The van der Waals surface area contributed by atoms with Gasteiger partial charge >= 0.3 is 0 Å². The fraction of sp³-hybridized carbons (Fsp3) is 1.00. The fourth-order valence-corrected chi connectivity index (χ4v) is 2.70. The molecule has 1 N–H and O–H groups in total. The second kappa shape index (κ2) is 7.27. The van der Waals surface area contributed by atoms with E-state index in [9.17, 15) is 0 Å². The van der Waals surface area contributed by atoms with Crippen LogP contribution in [0.4, 0.5) is 0 Å². The van der Waals surface area contributed by atoms with Gasteiger partial charge in [-0.3, -0.25) is 0 Å². The molecular formula is C14H29N. The van der Waals surface area contributed by atoms with Crippen LogP contribution in [-0.2, 0) is 0 Å². The Balaban J connectivity index is 2.28. The van der Waals surface area contributed by atoms with Gasteiger partial charge in [0.1, 0.15) is 0 Å². The van der Waals surface area contributed by atoms with Crippen LogP contribution in [0.5, 0.6) is 0 Å². The average molecular weight is 211 g/mol. The molecule has 0 bridgehead atoms. The van der Waals surface area contributed by atoms with Gasteiger partial charge in [0.15, 0.2) is 0 Å². The van der Waals surface area contributed by atoms with E-state index in [2.05, 4.69) is 26.1 Å². The van der Waals surface area contributed by atoms with Gasteiger partial charge < -0.3 is 5.32 Å². The molecule has 1 unspecified atom stereocenters. The lowest BCUT2D eigenvalue weighted by Gasteiger charge is -2.29. The predicted octanol–water partition coefficient (Wildman–Crippen LogP) is 3.98. The summed E-state index contributed by atoms with van der Waals surface area (Å²) in [5, 5.41) is 3.72. The summed E-state index contributed by atoms with van der Waals surface area (Å²) in [6.45, 7) is 8.16. The summed E-state index contributed by atoms with van der Waals surface area (Å²) in [5.41, 5.74) is 0. The summed E-state index contributed by atoms with van der Waals surface area (Å²) in [5.74, 6) is 1.80. The number of rotatable bonds is 6. The van der Waals surface area contributed by atoms with E-state index in [4.69, 9.17) is 0 Å². The van der Waals surface area contributed by atoms with E-state index in [1.54, 1.807) is 0 Å². The zero-order chi connectivity index (χ0) is 11.1. The summed E-state index contributed by atoms with van der Waals surface area (Å²) in [6.07, 6.45) is 10.1. The van der Waals surface area contributed by atoms with Crippen molar-refractivity contribution in [3.05, 3.63) is 0 Å². The van der Waals surface area contributed by atoms with Crippen LogP contribution in [0.1, 0.15) is 65.7 Å². The Bertz CT molecular complexity index is 147. The predicted molar refractivity (Wildman–Crippen MR) is 68.1 cm³/mol. The van der Waals surface area contributed by atoms with Gasteiger partial charge in [-0.25, -0.2) is 0 Å². The second-order valence-electron chi connectivity index (χ2n) is 5.54. The van der Waals surface area contributed by atoms with E-state index in [0.29, 0.717) is 0 Å². The summed E-state index contributed by atoms with van der Waals surface area (Å²) in [7, 11) is 0. The van der Waals surface area contributed by atoms with Crippen molar-refractivity contribution < 1.29 is 0 Å². The molecule has 0 saturated heterocycles. The Kier molecular flexibility index (Phi) is 6.31. The maximum atomic E-state index is 3.72. The van der Waals surface area contributed by atoms with Gasteiger partial charge in [-0.1, -0.05) is 52.9 Å². The molecule has 1 saturated carbocycles. The first-order chi connectivity index (χ1) is 7.24. The molecule has 0 amide bonds. The minimum Gasteiger partial charge on any atom is -0.314 e. The third-order valence-electron chi connectivity index (χ3n) is 3.77. The van der Waals surface area contributed by atoms with E-state index >= 15 is 0 Å². The first-order valence-corrected chi connectivity index (χ1v) is 6.97. The molecule has 1 rings (SSSR count). The molecule has 0 aliphatic heterocycles. The molecule has 0 aromatic rings. The van der Waals surface area contributed by atoms with E-state index in [1.165, 1.54) is 51.5 Å². The van der Waals surface area contributed by atoms with Crippen molar-refractivity contribution in [3.63, 3.8) is 0 Å². The van der Waals surface area contributed by atoms with Crippen molar-refractivity contribution in [3.8, 4) is 0 Å². The molecule has 0 spiro atoms. The van der Waals surface area contributed by atoms with Crippen molar-refractivity contribution in [2.45, 2.75) is 71.8 Å². The third kappa shape index (κ3) is 5.01. The maximum Gasteiger partial charge on any atom is 0.00926 e. The Hall–Kier alpha value is -0.0400. The Labute approximate surface area is 96.0 Å². The van der Waals surface area contributed by atoms with Crippen LogP contribution < -0.4 is 5.32 Å². The van der Waals surface area contributed by atoms with Crippen molar-refractivity contribution in [1.82, 2.24) is 5.32 Å². The highest BCUT2D eigenvalue weighted by molar-refractivity contribution is 4.76. The lowest BCUT2D eigenvalue weighted by Crippen LogP contribution is -2.36. The van der Waals surface area contributed by atoms with Crippen molar-refractivity contribution in [2.24, 2.45) is 11.8 Å². The first kappa shape index (κ1) is 13.0. The third-order valence-corrected chi connectivity index (χ3v) is 3.77. The Morgan fingerprint density at radius 2 is 1.80 bits per heavy atom. The zero-order valence-electron chi connectivity index (χ0n) is 10.9. The van der Waals surface area contributed by atoms with Gasteiger partial charge in [-0.15, -0.1) is 0 Å². The first-order valence-electron chi connectivity index (χ1n) is 6.97. The van der Waals surface area contributed by atoms with Crippen LogP contribution in [0, 0.1) is 11.8 Å². The van der Waals surface area contributed by atoms with Crippen LogP contribution in [0.25, 0.3) is 0 Å². The maximum absolute atomic E-state index is 3.72. The molecule has 90 valence electrons. The molecule has 1 atom stereocenters. The van der Waals surface area contributed by atoms with Gasteiger partial charge in [-0.05, 0) is 31.2 Å². The standard InChI is InChI=1S/C14H29N/c1-4-10-15-14(12(2)3)11-13-8-6-5-7-9-13/h12-15H,4-11H2,1-3H3. The van der Waals surface area contributed by atoms with Crippen molar-refractivity contribution in [1.29, 1.82) is 0 Å². The van der Waals surface area contributed by atoms with Crippen LogP contribution in [-0.4, -0.2) is 12.6 Å². The highest BCUT2D eigenvalue weighted by atomic mass is 14.9. The lowest BCUT2D eigenvalue weighted by molar-refractivity contribution is 0.265. The van der Waals surface area contributed by atoms with E-state index < -0.39 is 0 Å². The van der Waals surface area contributed by atoms with Crippen LogP contribution >= 0.6 is 0 Å². The highest BCUT2D eigenvalue weighted by Gasteiger charge is 2.20. The van der Waals surface area contributed by atoms with E-state index in [-0.39, 0.29) is 0 Å². The summed E-state index contributed by atoms with van der Waals surface area (Å²) in [6, 6.07) is 0.757. The molecule has 1 nitrogen and oxygen atoms in total. The molecule has 1 heteroatoms. The van der Waals surface area contributed by atoms with Gasteiger partial charge in [-0.2, -0.15) is 0 Å². The average Bonchev–Trinajstić information content (AvgIpc) is 2.25. The second-order valence-corrected chi connectivity index (χ2v) is 5.54. The molecule has 0 aromatic heterocycles. The fourth-order valence-electron chi connectivity index (χ4n) is 2.70. The summed E-state index contributed by atoms with van der Waals surface area (Å²) >= 11 is 0. The topological polar surface area (TPSA) is 12.0 Å². The van der Waals surface area contributed by atoms with Gasteiger partial charge in [0.2, 0.25) is 0 Å². The lowest BCUT2D eigenvalue weighted by atomic mass is 9.82.